The zero-order valence-electron chi connectivity index (χ0n) is 19.0. The van der Waals surface area contributed by atoms with E-state index in [0.29, 0.717) is 12.2 Å². The van der Waals surface area contributed by atoms with Gasteiger partial charge < -0.3 is 19.5 Å². The van der Waals surface area contributed by atoms with E-state index in [-0.39, 0.29) is 17.9 Å². The summed E-state index contributed by atoms with van der Waals surface area (Å²) in [6.45, 7) is 6.10. The first-order chi connectivity index (χ1) is 15.9. The molecule has 0 radical (unpaired) electrons. The van der Waals surface area contributed by atoms with Crippen molar-refractivity contribution in [1.29, 1.82) is 0 Å². The number of nitrogens with one attached hydrogen (secondary N) is 1. The number of esters is 1. The standard InChI is InChI=1S/C24H26N4O5/c1-5-33-24(29)21-11-10-20(13-22(21)28(30)31)27-16(2)12-19(17(27)3)15-26-25-14-18-8-6-7-9-23(18)32-4/h6-13,15,25H,5,14H2,1-4H3/b26-15-. The molecule has 0 amide bonds. The summed E-state index contributed by atoms with van der Waals surface area (Å²) in [5, 5.41) is 15.9. The molecule has 0 aliphatic rings. The Kier molecular flexibility index (Phi) is 7.45. The average molecular weight is 450 g/mol. The van der Waals surface area contributed by atoms with E-state index in [1.807, 2.05) is 48.7 Å². The number of ether oxygens (including phenoxy) is 2. The van der Waals surface area contributed by atoms with E-state index in [2.05, 4.69) is 10.5 Å². The largest absolute Gasteiger partial charge is 0.496 e. The number of hydrogen-bond donors (Lipinski definition) is 1. The van der Waals surface area contributed by atoms with Crippen molar-refractivity contribution >= 4 is 17.9 Å². The van der Waals surface area contributed by atoms with Gasteiger partial charge in [-0.3, -0.25) is 10.1 Å². The molecule has 0 fully saturated rings. The number of nitro benzene ring substituents is 1. The lowest BCUT2D eigenvalue weighted by molar-refractivity contribution is -0.385. The number of aromatic nitrogens is 1. The summed E-state index contributed by atoms with van der Waals surface area (Å²) in [7, 11) is 1.63. The van der Waals surface area contributed by atoms with Gasteiger partial charge in [-0.2, -0.15) is 5.10 Å². The second-order valence-electron chi connectivity index (χ2n) is 7.25. The predicted molar refractivity (Wildman–Crippen MR) is 125 cm³/mol. The summed E-state index contributed by atoms with van der Waals surface area (Å²) in [5.41, 5.74) is 6.79. The topological polar surface area (TPSA) is 108 Å². The summed E-state index contributed by atoms with van der Waals surface area (Å²) in [6, 6.07) is 14.1. The summed E-state index contributed by atoms with van der Waals surface area (Å²) >= 11 is 0. The van der Waals surface area contributed by atoms with Gasteiger partial charge in [0.15, 0.2) is 0 Å². The molecule has 33 heavy (non-hydrogen) atoms. The Morgan fingerprint density at radius 3 is 2.67 bits per heavy atom. The molecule has 0 atom stereocenters. The molecule has 9 heteroatoms. The quantitative estimate of drug-likeness (QED) is 0.225. The summed E-state index contributed by atoms with van der Waals surface area (Å²) in [5.74, 6) is 0.0666. The lowest BCUT2D eigenvalue weighted by Crippen LogP contribution is -2.09. The zero-order valence-corrected chi connectivity index (χ0v) is 19.0. The van der Waals surface area contributed by atoms with Crippen molar-refractivity contribution in [3.63, 3.8) is 0 Å². The highest BCUT2D eigenvalue weighted by Crippen LogP contribution is 2.27. The molecule has 1 aromatic heterocycles. The Balaban J connectivity index is 1.84. The van der Waals surface area contributed by atoms with Crippen LogP contribution in [0.5, 0.6) is 5.75 Å². The van der Waals surface area contributed by atoms with Crippen LogP contribution < -0.4 is 10.2 Å². The fourth-order valence-corrected chi connectivity index (χ4v) is 3.60. The fourth-order valence-electron chi connectivity index (χ4n) is 3.60. The lowest BCUT2D eigenvalue weighted by Gasteiger charge is -2.11. The van der Waals surface area contributed by atoms with Crippen LogP contribution in [0.4, 0.5) is 5.69 Å². The molecule has 0 spiro atoms. The number of carbonyl (C=O) groups is 1. The predicted octanol–water partition coefficient (Wildman–Crippen LogP) is 4.31. The number of carbonyl (C=O) groups excluding carboxylic acids is 1. The molecule has 1 heterocycles. The normalized spacial score (nSPS) is 10.9. The van der Waals surface area contributed by atoms with Gasteiger partial charge in [0.25, 0.3) is 5.69 Å². The maximum Gasteiger partial charge on any atom is 0.345 e. The van der Waals surface area contributed by atoms with E-state index in [4.69, 9.17) is 9.47 Å². The van der Waals surface area contributed by atoms with Crippen LogP contribution in [-0.2, 0) is 11.3 Å². The number of aryl methyl sites for hydroxylation is 1. The van der Waals surface area contributed by atoms with Gasteiger partial charge in [0.1, 0.15) is 11.3 Å². The maximum atomic E-state index is 12.1. The second-order valence-corrected chi connectivity index (χ2v) is 7.25. The molecular weight excluding hydrogens is 424 g/mol. The van der Waals surface area contributed by atoms with Crippen molar-refractivity contribution in [2.75, 3.05) is 13.7 Å². The monoisotopic (exact) mass is 450 g/mol. The van der Waals surface area contributed by atoms with E-state index >= 15 is 0 Å². The van der Waals surface area contributed by atoms with E-state index in [0.717, 1.165) is 28.3 Å². The summed E-state index contributed by atoms with van der Waals surface area (Å²) in [6.07, 6.45) is 1.70. The molecule has 3 rings (SSSR count). The van der Waals surface area contributed by atoms with Gasteiger partial charge in [-0.1, -0.05) is 18.2 Å². The van der Waals surface area contributed by atoms with Gasteiger partial charge in [-0.25, -0.2) is 4.79 Å². The third-order valence-corrected chi connectivity index (χ3v) is 5.16. The SMILES string of the molecule is CCOC(=O)c1ccc(-n2c(C)cc(/C=N\NCc3ccccc3OC)c2C)cc1[N+](=O)[O-]. The number of para-hydroxylation sites is 1. The minimum absolute atomic E-state index is 0.0737. The van der Waals surface area contributed by atoms with Crippen molar-refractivity contribution in [1.82, 2.24) is 9.99 Å². The van der Waals surface area contributed by atoms with Crippen LogP contribution in [0.3, 0.4) is 0 Å². The number of benzene rings is 2. The minimum atomic E-state index is -0.717. The molecule has 1 N–H and O–H groups in total. The third-order valence-electron chi connectivity index (χ3n) is 5.16. The molecule has 0 saturated carbocycles. The fraction of sp³-hybridized carbons (Fsp3) is 0.250. The first-order valence-corrected chi connectivity index (χ1v) is 10.4. The van der Waals surface area contributed by atoms with Gasteiger partial charge in [0, 0.05) is 28.6 Å². The molecule has 172 valence electrons. The third kappa shape index (κ3) is 5.20. The van der Waals surface area contributed by atoms with Crippen LogP contribution in [0.15, 0.2) is 53.6 Å². The van der Waals surface area contributed by atoms with E-state index in [9.17, 15) is 14.9 Å². The number of hydrazone groups is 1. The number of nitro groups is 1. The van der Waals surface area contributed by atoms with Crippen molar-refractivity contribution in [3.05, 3.63) is 86.7 Å². The molecule has 0 aliphatic heterocycles. The molecular formula is C24H26N4O5. The molecule has 0 aliphatic carbocycles. The Hall–Kier alpha value is -4.14. The highest BCUT2D eigenvalue weighted by molar-refractivity contribution is 5.94. The van der Waals surface area contributed by atoms with Crippen LogP contribution >= 0.6 is 0 Å². The summed E-state index contributed by atoms with van der Waals surface area (Å²) in [4.78, 5) is 23.1. The highest BCUT2D eigenvalue weighted by atomic mass is 16.6. The average Bonchev–Trinajstić information content (AvgIpc) is 3.09. The molecule has 2 aromatic carbocycles. The van der Waals surface area contributed by atoms with Crippen molar-refractivity contribution in [2.24, 2.45) is 5.10 Å². The maximum absolute atomic E-state index is 12.1. The smallest absolute Gasteiger partial charge is 0.345 e. The number of hydrogen-bond acceptors (Lipinski definition) is 7. The molecule has 3 aromatic rings. The first kappa shape index (κ1) is 23.5. The van der Waals surface area contributed by atoms with Crippen LogP contribution in [0, 0.1) is 24.0 Å². The van der Waals surface area contributed by atoms with Gasteiger partial charge in [-0.15, -0.1) is 0 Å². The highest BCUT2D eigenvalue weighted by Gasteiger charge is 2.23. The van der Waals surface area contributed by atoms with Gasteiger partial charge in [0.2, 0.25) is 0 Å². The molecule has 0 unspecified atom stereocenters. The van der Waals surface area contributed by atoms with Crippen LogP contribution in [0.2, 0.25) is 0 Å². The van der Waals surface area contributed by atoms with E-state index in [1.165, 1.54) is 12.1 Å². The Morgan fingerprint density at radius 1 is 1.21 bits per heavy atom. The van der Waals surface area contributed by atoms with Crippen molar-refractivity contribution in [3.8, 4) is 11.4 Å². The molecule has 0 saturated heterocycles. The number of rotatable bonds is 9. The van der Waals surface area contributed by atoms with Crippen LogP contribution in [0.25, 0.3) is 5.69 Å². The summed E-state index contributed by atoms with van der Waals surface area (Å²) < 4.78 is 12.2. The van der Waals surface area contributed by atoms with Crippen molar-refractivity contribution in [2.45, 2.75) is 27.3 Å². The Bertz CT molecular complexity index is 1200. The van der Waals surface area contributed by atoms with Gasteiger partial charge in [0.05, 0.1) is 37.1 Å². The first-order valence-electron chi connectivity index (χ1n) is 10.4. The van der Waals surface area contributed by atoms with Crippen molar-refractivity contribution < 1.29 is 19.2 Å². The zero-order chi connectivity index (χ0) is 24.0. The van der Waals surface area contributed by atoms with E-state index in [1.54, 1.807) is 26.3 Å². The number of nitrogens with zero attached hydrogens (tertiary/aromatic N) is 3. The van der Waals surface area contributed by atoms with Gasteiger partial charge in [-0.05, 0) is 45.0 Å². The number of methoxy groups -OCH3 is 1. The Labute approximate surface area is 191 Å². The lowest BCUT2D eigenvalue weighted by atomic mass is 10.1. The van der Waals surface area contributed by atoms with Gasteiger partial charge >= 0.3 is 5.97 Å². The van der Waals surface area contributed by atoms with Crippen LogP contribution in [0.1, 0.15) is 39.8 Å². The molecule has 9 nitrogen and oxygen atoms in total. The molecule has 0 bridgehead atoms. The minimum Gasteiger partial charge on any atom is -0.496 e. The van der Waals surface area contributed by atoms with E-state index < -0.39 is 10.9 Å². The Morgan fingerprint density at radius 2 is 1.97 bits per heavy atom. The second kappa shape index (κ2) is 10.4. The van der Waals surface area contributed by atoms with Crippen LogP contribution in [-0.4, -0.2) is 35.4 Å².